The minimum Gasteiger partial charge on any atom is -0.454 e. The highest BCUT2D eigenvalue weighted by Gasteiger charge is 2.17. The van der Waals surface area contributed by atoms with E-state index in [2.05, 4.69) is 5.32 Å². The average Bonchev–Trinajstić information content (AvgIpc) is 2.82. The van der Waals surface area contributed by atoms with Crippen LogP contribution in [-0.4, -0.2) is 27.1 Å². The normalized spacial score (nSPS) is 13.0. The molecule has 100 valence electrons. The molecule has 0 unspecified atom stereocenters. The van der Waals surface area contributed by atoms with Crippen molar-refractivity contribution in [2.45, 2.75) is 19.4 Å². The van der Waals surface area contributed by atoms with Crippen molar-refractivity contribution < 1.29 is 14.2 Å². The van der Waals surface area contributed by atoms with E-state index < -0.39 is 0 Å². The number of hydrogen-bond donors (Lipinski definition) is 1. The van der Waals surface area contributed by atoms with Crippen LogP contribution < -0.4 is 14.8 Å². The SMILES string of the molecule is COCCCCNCc1cc(Cl)c2c(c1)OCO2. The van der Waals surface area contributed by atoms with E-state index in [1.165, 1.54) is 0 Å². The number of fused-ring (bicyclic) bond motifs is 1. The molecule has 1 aromatic carbocycles. The van der Waals surface area contributed by atoms with Gasteiger partial charge in [-0.2, -0.15) is 0 Å². The van der Waals surface area contributed by atoms with Crippen LogP contribution in [0.4, 0.5) is 0 Å². The highest BCUT2D eigenvalue weighted by Crippen LogP contribution is 2.39. The predicted molar refractivity (Wildman–Crippen MR) is 70.4 cm³/mol. The lowest BCUT2D eigenvalue weighted by Gasteiger charge is -2.07. The summed E-state index contributed by atoms with van der Waals surface area (Å²) in [6, 6.07) is 3.88. The summed E-state index contributed by atoms with van der Waals surface area (Å²) in [6.07, 6.45) is 2.18. The highest BCUT2D eigenvalue weighted by molar-refractivity contribution is 6.32. The van der Waals surface area contributed by atoms with Crippen LogP contribution in [0.15, 0.2) is 12.1 Å². The van der Waals surface area contributed by atoms with Crippen LogP contribution in [0, 0.1) is 0 Å². The second-order valence-electron chi connectivity index (χ2n) is 4.19. The van der Waals surface area contributed by atoms with Crippen LogP contribution in [0.5, 0.6) is 11.5 Å². The van der Waals surface area contributed by atoms with Crippen molar-refractivity contribution in [2.75, 3.05) is 27.1 Å². The summed E-state index contributed by atoms with van der Waals surface area (Å²) in [4.78, 5) is 0. The van der Waals surface area contributed by atoms with Gasteiger partial charge in [-0.25, -0.2) is 0 Å². The summed E-state index contributed by atoms with van der Waals surface area (Å²) in [5, 5.41) is 3.98. The molecule has 0 fully saturated rings. The van der Waals surface area contributed by atoms with Gasteiger partial charge in [0.2, 0.25) is 6.79 Å². The Morgan fingerprint density at radius 1 is 1.33 bits per heavy atom. The lowest BCUT2D eigenvalue weighted by atomic mass is 10.2. The molecule has 5 heteroatoms. The molecule has 0 saturated heterocycles. The second-order valence-corrected chi connectivity index (χ2v) is 4.60. The second kappa shape index (κ2) is 6.83. The molecule has 18 heavy (non-hydrogen) atoms. The molecule has 0 aliphatic carbocycles. The number of halogens is 1. The fraction of sp³-hybridized carbons (Fsp3) is 0.538. The van der Waals surface area contributed by atoms with E-state index in [1.54, 1.807) is 7.11 Å². The molecule has 1 aromatic rings. The molecule has 0 aromatic heterocycles. The molecule has 1 heterocycles. The van der Waals surface area contributed by atoms with E-state index in [9.17, 15) is 0 Å². The number of methoxy groups -OCH3 is 1. The topological polar surface area (TPSA) is 39.7 Å². The van der Waals surface area contributed by atoms with Gasteiger partial charge >= 0.3 is 0 Å². The van der Waals surface area contributed by atoms with Gasteiger partial charge in [-0.15, -0.1) is 0 Å². The minimum atomic E-state index is 0.253. The van der Waals surface area contributed by atoms with Crippen LogP contribution in [0.3, 0.4) is 0 Å². The number of hydrogen-bond acceptors (Lipinski definition) is 4. The van der Waals surface area contributed by atoms with Crippen molar-refractivity contribution in [1.29, 1.82) is 0 Å². The average molecular weight is 272 g/mol. The maximum atomic E-state index is 6.11. The third kappa shape index (κ3) is 3.51. The van der Waals surface area contributed by atoms with Gasteiger partial charge in [-0.05, 0) is 37.1 Å². The molecule has 2 rings (SSSR count). The van der Waals surface area contributed by atoms with Crippen LogP contribution >= 0.6 is 11.6 Å². The van der Waals surface area contributed by atoms with Crippen molar-refractivity contribution >= 4 is 11.6 Å². The van der Waals surface area contributed by atoms with Gasteiger partial charge in [-0.3, -0.25) is 0 Å². The van der Waals surface area contributed by atoms with Gasteiger partial charge < -0.3 is 19.5 Å². The summed E-state index contributed by atoms with van der Waals surface area (Å²) < 4.78 is 15.6. The quantitative estimate of drug-likeness (QED) is 0.774. The predicted octanol–water partition coefficient (Wildman–Crippen LogP) is 2.58. The fourth-order valence-electron chi connectivity index (χ4n) is 1.85. The molecule has 0 amide bonds. The molecule has 0 radical (unpaired) electrons. The van der Waals surface area contributed by atoms with Gasteiger partial charge in [0.25, 0.3) is 0 Å². The molecule has 0 spiro atoms. The standard InChI is InChI=1S/C13H18ClNO3/c1-16-5-3-2-4-15-8-10-6-11(14)13-12(7-10)17-9-18-13/h6-7,15H,2-5,8-9H2,1H3. The Kier molecular flexibility index (Phi) is 5.11. The smallest absolute Gasteiger partial charge is 0.231 e. The molecule has 0 bridgehead atoms. The first kappa shape index (κ1) is 13.5. The van der Waals surface area contributed by atoms with Crippen molar-refractivity contribution in [3.05, 3.63) is 22.7 Å². The molecule has 1 N–H and O–H groups in total. The first-order chi connectivity index (χ1) is 8.81. The lowest BCUT2D eigenvalue weighted by Crippen LogP contribution is -2.15. The van der Waals surface area contributed by atoms with E-state index >= 15 is 0 Å². The zero-order valence-corrected chi connectivity index (χ0v) is 11.3. The third-order valence-corrected chi connectivity index (χ3v) is 3.05. The van der Waals surface area contributed by atoms with Crippen LogP contribution in [0.25, 0.3) is 0 Å². The fourth-order valence-corrected chi connectivity index (χ4v) is 2.14. The summed E-state index contributed by atoms with van der Waals surface area (Å²) in [7, 11) is 1.72. The third-order valence-electron chi connectivity index (χ3n) is 2.77. The Morgan fingerprint density at radius 2 is 2.22 bits per heavy atom. The van der Waals surface area contributed by atoms with Crippen LogP contribution in [0.1, 0.15) is 18.4 Å². The van der Waals surface area contributed by atoms with Crippen molar-refractivity contribution in [3.63, 3.8) is 0 Å². The summed E-state index contributed by atoms with van der Waals surface area (Å²) in [5.74, 6) is 1.39. The van der Waals surface area contributed by atoms with E-state index in [4.69, 9.17) is 25.8 Å². The monoisotopic (exact) mass is 271 g/mol. The van der Waals surface area contributed by atoms with Crippen molar-refractivity contribution in [3.8, 4) is 11.5 Å². The first-order valence-corrected chi connectivity index (χ1v) is 6.46. The number of unbranched alkanes of at least 4 members (excludes halogenated alkanes) is 1. The van der Waals surface area contributed by atoms with E-state index in [-0.39, 0.29) is 6.79 Å². The van der Waals surface area contributed by atoms with Crippen LogP contribution in [0.2, 0.25) is 5.02 Å². The minimum absolute atomic E-state index is 0.253. The van der Waals surface area contributed by atoms with Gasteiger partial charge in [0.05, 0.1) is 5.02 Å². The Hall–Kier alpha value is -0.970. The number of nitrogens with one attached hydrogen (secondary N) is 1. The zero-order valence-electron chi connectivity index (χ0n) is 10.5. The zero-order chi connectivity index (χ0) is 12.8. The van der Waals surface area contributed by atoms with Gasteiger partial charge in [0, 0.05) is 20.3 Å². The Morgan fingerprint density at radius 3 is 3.06 bits per heavy atom. The van der Waals surface area contributed by atoms with Gasteiger partial charge in [-0.1, -0.05) is 11.6 Å². The molecular formula is C13H18ClNO3. The van der Waals surface area contributed by atoms with Crippen molar-refractivity contribution in [2.24, 2.45) is 0 Å². The maximum absolute atomic E-state index is 6.11. The largest absolute Gasteiger partial charge is 0.454 e. The summed E-state index contributed by atoms with van der Waals surface area (Å²) in [5.41, 5.74) is 1.11. The molecule has 0 atom stereocenters. The number of ether oxygens (including phenoxy) is 3. The number of benzene rings is 1. The first-order valence-electron chi connectivity index (χ1n) is 6.09. The van der Waals surface area contributed by atoms with E-state index in [0.717, 1.165) is 43.9 Å². The summed E-state index contributed by atoms with van der Waals surface area (Å²) >= 11 is 6.11. The van der Waals surface area contributed by atoms with E-state index in [0.29, 0.717) is 10.8 Å². The molecule has 0 saturated carbocycles. The van der Waals surface area contributed by atoms with Crippen LogP contribution in [-0.2, 0) is 11.3 Å². The molecule has 1 aliphatic heterocycles. The Balaban J connectivity index is 1.78. The Bertz CT molecular complexity index is 398. The Labute approximate surface area is 112 Å². The maximum Gasteiger partial charge on any atom is 0.231 e. The molecular weight excluding hydrogens is 254 g/mol. The van der Waals surface area contributed by atoms with Gasteiger partial charge in [0.1, 0.15) is 0 Å². The summed E-state index contributed by atoms with van der Waals surface area (Å²) in [6.45, 7) is 2.82. The van der Waals surface area contributed by atoms with Crippen molar-refractivity contribution in [1.82, 2.24) is 5.32 Å². The lowest BCUT2D eigenvalue weighted by molar-refractivity contribution is 0.174. The van der Waals surface area contributed by atoms with E-state index in [1.807, 2.05) is 12.1 Å². The molecule has 1 aliphatic rings. The number of rotatable bonds is 7. The van der Waals surface area contributed by atoms with Gasteiger partial charge in [0.15, 0.2) is 11.5 Å². The highest BCUT2D eigenvalue weighted by atomic mass is 35.5. The molecule has 4 nitrogen and oxygen atoms in total.